The smallest absolute Gasteiger partial charge is 0.407 e. The highest BCUT2D eigenvalue weighted by Gasteiger charge is 2.39. The summed E-state index contributed by atoms with van der Waals surface area (Å²) in [7, 11) is 1.48. The van der Waals surface area contributed by atoms with E-state index in [2.05, 4.69) is 37.2 Å². The molecule has 1 aromatic rings. The fourth-order valence-electron chi connectivity index (χ4n) is 2.17. The summed E-state index contributed by atoms with van der Waals surface area (Å²) in [6.45, 7) is 4.31. The number of rotatable bonds is 2. The zero-order valence-electron chi connectivity index (χ0n) is 11.3. The Morgan fingerprint density at radius 3 is 2.70 bits per heavy atom. The zero-order chi connectivity index (χ0) is 15.1. The monoisotopic (exact) mass is 407 g/mol. The molecule has 1 atom stereocenters. The molecule has 0 spiro atoms. The minimum Gasteiger partial charge on any atom is -0.503 e. The lowest BCUT2D eigenvalue weighted by Crippen LogP contribution is -2.47. The number of phenolic OH excluding ortho intramolecular Hbond substituents is 1. The third kappa shape index (κ3) is 2.61. The number of ether oxygens (including phenoxy) is 2. The maximum absolute atomic E-state index is 11.5. The second-order valence-electron chi connectivity index (χ2n) is 5.29. The number of alkyl carbamates (subject to hydrolysis) is 1. The Balaban J connectivity index is 2.56. The van der Waals surface area contributed by atoms with Crippen LogP contribution in [0, 0.1) is 5.41 Å². The van der Waals surface area contributed by atoms with E-state index in [-0.39, 0.29) is 17.2 Å². The van der Waals surface area contributed by atoms with Gasteiger partial charge in [0.15, 0.2) is 11.5 Å². The molecule has 0 saturated carbocycles. The van der Waals surface area contributed by atoms with Gasteiger partial charge in [0.2, 0.25) is 0 Å². The fourth-order valence-corrected chi connectivity index (χ4v) is 3.12. The first kappa shape index (κ1) is 15.4. The molecule has 1 aromatic carbocycles. The van der Waals surface area contributed by atoms with Crippen molar-refractivity contribution < 1.29 is 19.4 Å². The van der Waals surface area contributed by atoms with Gasteiger partial charge in [0.25, 0.3) is 0 Å². The number of cyclic esters (lactones) is 1. The van der Waals surface area contributed by atoms with Gasteiger partial charge in [-0.3, -0.25) is 0 Å². The molecule has 0 unspecified atom stereocenters. The molecule has 2 rings (SSSR count). The van der Waals surface area contributed by atoms with Crippen LogP contribution in [0.1, 0.15) is 25.5 Å². The van der Waals surface area contributed by atoms with Crippen LogP contribution in [-0.2, 0) is 4.74 Å². The third-order valence-electron chi connectivity index (χ3n) is 3.32. The lowest BCUT2D eigenvalue weighted by Gasteiger charge is -2.39. The van der Waals surface area contributed by atoms with Crippen molar-refractivity contribution in [3.8, 4) is 11.5 Å². The minimum absolute atomic E-state index is 0.0133. The van der Waals surface area contributed by atoms with Crippen LogP contribution < -0.4 is 10.1 Å². The van der Waals surface area contributed by atoms with E-state index in [1.165, 1.54) is 7.11 Å². The fraction of sp³-hybridized carbons (Fsp3) is 0.462. The van der Waals surface area contributed by atoms with Crippen LogP contribution in [0.5, 0.6) is 11.5 Å². The zero-order valence-corrected chi connectivity index (χ0v) is 14.5. The number of methoxy groups -OCH3 is 1. The molecule has 1 heterocycles. The SMILES string of the molecule is COc1cc([C@@H]2NC(=O)OCC2(C)C)c(Br)c(Br)c1O. The van der Waals surface area contributed by atoms with Gasteiger partial charge in [0, 0.05) is 9.89 Å². The Kier molecular flexibility index (Phi) is 4.20. The highest BCUT2D eigenvalue weighted by molar-refractivity contribution is 9.13. The second-order valence-corrected chi connectivity index (χ2v) is 6.87. The van der Waals surface area contributed by atoms with Crippen LogP contribution in [0.2, 0.25) is 0 Å². The molecule has 0 radical (unpaired) electrons. The molecule has 1 fully saturated rings. The molecule has 1 aliphatic rings. The number of carbonyl (C=O) groups excluding carboxylic acids is 1. The van der Waals surface area contributed by atoms with E-state index in [1.807, 2.05) is 13.8 Å². The van der Waals surface area contributed by atoms with Crippen LogP contribution in [0.15, 0.2) is 15.0 Å². The van der Waals surface area contributed by atoms with E-state index in [9.17, 15) is 9.90 Å². The van der Waals surface area contributed by atoms with E-state index in [4.69, 9.17) is 9.47 Å². The molecule has 5 nitrogen and oxygen atoms in total. The normalized spacial score (nSPS) is 21.1. The standard InChI is InChI=1S/C13H15Br2NO4/c1-13(2)5-20-12(18)16-11(13)6-4-7(19-3)10(17)9(15)8(6)14/h4,11,17H,5H2,1-3H3,(H,16,18)/t11-/m0/s1. The molecule has 110 valence electrons. The summed E-state index contributed by atoms with van der Waals surface area (Å²) in [4.78, 5) is 11.5. The topological polar surface area (TPSA) is 67.8 Å². The van der Waals surface area contributed by atoms with Gasteiger partial charge in [-0.15, -0.1) is 0 Å². The summed E-state index contributed by atoms with van der Waals surface area (Å²) in [5.41, 5.74) is 0.519. The van der Waals surface area contributed by atoms with E-state index < -0.39 is 6.09 Å². The summed E-state index contributed by atoms with van der Waals surface area (Å²) in [6, 6.07) is 1.45. The van der Waals surface area contributed by atoms with E-state index in [0.717, 1.165) is 5.56 Å². The molecule has 2 N–H and O–H groups in total. The van der Waals surface area contributed by atoms with Gasteiger partial charge in [0.05, 0.1) is 17.6 Å². The van der Waals surface area contributed by atoms with Crippen LogP contribution in [0.4, 0.5) is 4.79 Å². The van der Waals surface area contributed by atoms with Gasteiger partial charge in [-0.05, 0) is 43.5 Å². The van der Waals surface area contributed by atoms with E-state index in [0.29, 0.717) is 21.3 Å². The number of hydrogen-bond donors (Lipinski definition) is 2. The Morgan fingerprint density at radius 1 is 1.45 bits per heavy atom. The summed E-state index contributed by atoms with van der Waals surface area (Å²) >= 11 is 6.77. The van der Waals surface area contributed by atoms with E-state index in [1.54, 1.807) is 6.07 Å². The Bertz CT molecular complexity index is 560. The van der Waals surface area contributed by atoms with Crippen LogP contribution in [0.25, 0.3) is 0 Å². The molecule has 7 heteroatoms. The predicted molar refractivity (Wildman–Crippen MR) is 81.1 cm³/mol. The van der Waals surface area contributed by atoms with Crippen molar-refractivity contribution in [3.63, 3.8) is 0 Å². The number of halogens is 2. The van der Waals surface area contributed by atoms with Crippen molar-refractivity contribution in [1.29, 1.82) is 0 Å². The van der Waals surface area contributed by atoms with Gasteiger partial charge >= 0.3 is 6.09 Å². The largest absolute Gasteiger partial charge is 0.503 e. The lowest BCUT2D eigenvalue weighted by molar-refractivity contribution is 0.0384. The average molecular weight is 409 g/mol. The average Bonchev–Trinajstić information content (AvgIpc) is 2.40. The van der Waals surface area contributed by atoms with Crippen LogP contribution >= 0.6 is 31.9 Å². The Hall–Kier alpha value is -0.950. The first-order valence-electron chi connectivity index (χ1n) is 5.96. The van der Waals surface area contributed by atoms with Gasteiger partial charge < -0.3 is 19.9 Å². The molecular formula is C13H15Br2NO4. The second kappa shape index (κ2) is 5.44. The summed E-state index contributed by atoms with van der Waals surface area (Å²) < 4.78 is 11.4. The molecule has 20 heavy (non-hydrogen) atoms. The molecule has 0 aromatic heterocycles. The first-order valence-corrected chi connectivity index (χ1v) is 7.54. The number of carbonyl (C=O) groups is 1. The third-order valence-corrected chi connectivity index (χ3v) is 5.48. The molecule has 1 amide bonds. The number of benzene rings is 1. The molecular weight excluding hydrogens is 394 g/mol. The summed E-state index contributed by atoms with van der Waals surface area (Å²) in [6.07, 6.45) is -0.454. The van der Waals surface area contributed by atoms with Crippen molar-refractivity contribution in [2.75, 3.05) is 13.7 Å². The van der Waals surface area contributed by atoms with Gasteiger partial charge in [-0.1, -0.05) is 13.8 Å². The highest BCUT2D eigenvalue weighted by Crippen LogP contribution is 2.47. The predicted octanol–water partition coefficient (Wildman–Crippen LogP) is 3.73. The molecule has 1 saturated heterocycles. The lowest BCUT2D eigenvalue weighted by atomic mass is 9.80. The van der Waals surface area contributed by atoms with Crippen molar-refractivity contribution in [2.45, 2.75) is 19.9 Å². The number of aromatic hydroxyl groups is 1. The summed E-state index contributed by atoms with van der Waals surface area (Å²) in [5.74, 6) is 0.353. The molecule has 0 aliphatic carbocycles. The first-order chi connectivity index (χ1) is 9.27. The molecule has 1 aliphatic heterocycles. The van der Waals surface area contributed by atoms with Crippen LogP contribution in [0.3, 0.4) is 0 Å². The summed E-state index contributed by atoms with van der Waals surface area (Å²) in [5, 5.41) is 12.8. The number of hydrogen-bond acceptors (Lipinski definition) is 4. The van der Waals surface area contributed by atoms with Crippen LogP contribution in [-0.4, -0.2) is 24.9 Å². The van der Waals surface area contributed by atoms with Gasteiger partial charge in [-0.2, -0.15) is 0 Å². The van der Waals surface area contributed by atoms with E-state index >= 15 is 0 Å². The van der Waals surface area contributed by atoms with Crippen molar-refractivity contribution >= 4 is 38.0 Å². The number of nitrogens with one attached hydrogen (secondary N) is 1. The van der Waals surface area contributed by atoms with Crippen molar-refractivity contribution in [2.24, 2.45) is 5.41 Å². The quantitative estimate of drug-likeness (QED) is 0.782. The van der Waals surface area contributed by atoms with Crippen molar-refractivity contribution in [3.05, 3.63) is 20.6 Å². The van der Waals surface area contributed by atoms with Gasteiger partial charge in [-0.25, -0.2) is 4.79 Å². The maximum Gasteiger partial charge on any atom is 0.407 e. The Morgan fingerprint density at radius 2 is 2.10 bits per heavy atom. The minimum atomic E-state index is -0.454. The molecule has 0 bridgehead atoms. The highest BCUT2D eigenvalue weighted by atomic mass is 79.9. The van der Waals surface area contributed by atoms with Gasteiger partial charge in [0.1, 0.15) is 6.61 Å². The van der Waals surface area contributed by atoms with Crippen molar-refractivity contribution in [1.82, 2.24) is 5.32 Å². The maximum atomic E-state index is 11.5. The Labute approximate surface area is 133 Å². The number of amides is 1. The number of phenols is 1.